The van der Waals surface area contributed by atoms with E-state index in [1.54, 1.807) is 88.6 Å². The highest BCUT2D eigenvalue weighted by Crippen LogP contribution is 2.27. The molecule has 0 saturated carbocycles. The van der Waals surface area contributed by atoms with Crippen molar-refractivity contribution in [2.24, 2.45) is 0 Å². The summed E-state index contributed by atoms with van der Waals surface area (Å²) in [6, 6.07) is 26.5. The Morgan fingerprint density at radius 3 is 1.50 bits per heavy atom. The number of hydrogen-bond donors (Lipinski definition) is 0. The molecule has 0 spiro atoms. The van der Waals surface area contributed by atoms with Gasteiger partial charge in [0.15, 0.2) is 12.1 Å². The minimum Gasteiger partial charge on any atom is -0.464 e. The summed E-state index contributed by atoms with van der Waals surface area (Å²) in [7, 11) is 3.18. The van der Waals surface area contributed by atoms with Crippen molar-refractivity contribution < 1.29 is 28.7 Å². The second-order valence-electron chi connectivity index (χ2n) is 11.0. The van der Waals surface area contributed by atoms with Gasteiger partial charge in [-0.3, -0.25) is 9.59 Å². The van der Waals surface area contributed by atoms with Gasteiger partial charge in [-0.1, -0.05) is 119 Å². The minimum absolute atomic E-state index is 0.0647. The van der Waals surface area contributed by atoms with Gasteiger partial charge in [0.05, 0.1) is 36.1 Å². The molecule has 4 aromatic carbocycles. The number of ether oxygens (including phenoxy) is 2. The molecule has 0 aliphatic carbocycles. The molecule has 8 nitrogen and oxygen atoms in total. The van der Waals surface area contributed by atoms with E-state index in [9.17, 15) is 19.2 Å². The summed E-state index contributed by atoms with van der Waals surface area (Å²) in [6.45, 7) is 3.96. The molecular weight excluding hydrogens is 722 g/mol. The minimum atomic E-state index is -0.806. The van der Waals surface area contributed by atoms with Crippen molar-refractivity contribution in [3.63, 3.8) is 0 Å². The molecule has 0 radical (unpaired) electrons. The van der Waals surface area contributed by atoms with Crippen LogP contribution in [-0.4, -0.2) is 60.9 Å². The van der Waals surface area contributed by atoms with Crippen molar-refractivity contribution in [3.05, 3.63) is 139 Å². The van der Waals surface area contributed by atoms with E-state index in [1.807, 2.05) is 36.4 Å². The molecular formula is C38H38Cl4N2O6. The van der Waals surface area contributed by atoms with Gasteiger partial charge >= 0.3 is 11.9 Å². The number of carbonyl (C=O) groups is 4. The zero-order chi connectivity index (χ0) is 36.8. The molecule has 2 atom stereocenters. The Bertz CT molecular complexity index is 1760. The van der Waals surface area contributed by atoms with Crippen LogP contribution in [0.4, 0.5) is 0 Å². The van der Waals surface area contributed by atoms with E-state index in [1.165, 1.54) is 9.80 Å². The maximum Gasteiger partial charge on any atom is 0.333 e. The number of halogens is 4. The van der Waals surface area contributed by atoms with Crippen LogP contribution in [0.2, 0.25) is 20.1 Å². The fourth-order valence-electron chi connectivity index (χ4n) is 4.94. The van der Waals surface area contributed by atoms with E-state index < -0.39 is 24.0 Å². The maximum atomic E-state index is 12.7. The third kappa shape index (κ3) is 11.5. The molecule has 0 aliphatic heterocycles. The Morgan fingerprint density at radius 2 is 1.06 bits per heavy atom. The highest BCUT2D eigenvalue weighted by atomic mass is 35.5. The molecule has 4 rings (SSSR count). The summed E-state index contributed by atoms with van der Waals surface area (Å²) in [5.41, 5.74) is 2.77. The van der Waals surface area contributed by atoms with E-state index in [4.69, 9.17) is 55.9 Å². The second-order valence-corrected chi connectivity index (χ2v) is 12.6. The highest BCUT2D eigenvalue weighted by molar-refractivity contribution is 6.42. The van der Waals surface area contributed by atoms with Crippen molar-refractivity contribution in [1.29, 1.82) is 0 Å². The smallest absolute Gasteiger partial charge is 0.333 e. The molecule has 0 saturated heterocycles. The van der Waals surface area contributed by atoms with Gasteiger partial charge in [-0.15, -0.1) is 0 Å². The lowest BCUT2D eigenvalue weighted by molar-refractivity contribution is -0.154. The first-order chi connectivity index (χ1) is 23.9. The van der Waals surface area contributed by atoms with Gasteiger partial charge in [-0.2, -0.15) is 0 Å². The average molecular weight is 761 g/mol. The molecule has 0 aliphatic rings. The van der Waals surface area contributed by atoms with Crippen LogP contribution in [-0.2, 0) is 41.5 Å². The fraction of sp³-hybridized carbons (Fsp3) is 0.263. The average Bonchev–Trinajstić information content (AvgIpc) is 3.09. The van der Waals surface area contributed by atoms with Crippen LogP contribution < -0.4 is 0 Å². The number of carbonyl (C=O) groups excluding carboxylic acids is 4. The first-order valence-electron chi connectivity index (χ1n) is 15.7. The van der Waals surface area contributed by atoms with Gasteiger partial charge in [0.2, 0.25) is 11.8 Å². The number of esters is 2. The van der Waals surface area contributed by atoms with E-state index >= 15 is 0 Å². The SMILES string of the molecule is CCOC(=O)C(c1ccccc1)N(C)C(=O)Cc1ccc(Cl)c(Cl)c1.CCOC(=O)C(c1ccccc1)N(C)C(=O)Cc1ccc(Cl)cc1Cl. The Hall–Kier alpha value is -4.08. The lowest BCUT2D eigenvalue weighted by Gasteiger charge is -2.27. The number of benzene rings is 4. The lowest BCUT2D eigenvalue weighted by Crippen LogP contribution is -2.37. The molecule has 2 unspecified atom stereocenters. The zero-order valence-corrected chi connectivity index (χ0v) is 31.1. The Morgan fingerprint density at radius 1 is 0.580 bits per heavy atom. The van der Waals surface area contributed by atoms with E-state index in [0.717, 1.165) is 5.56 Å². The molecule has 0 N–H and O–H groups in total. The molecule has 0 bridgehead atoms. The topological polar surface area (TPSA) is 93.2 Å². The normalized spacial score (nSPS) is 11.7. The van der Waals surface area contributed by atoms with Gasteiger partial charge < -0.3 is 19.3 Å². The van der Waals surface area contributed by atoms with Crippen molar-refractivity contribution >= 4 is 70.2 Å². The van der Waals surface area contributed by atoms with Crippen molar-refractivity contribution in [1.82, 2.24) is 9.80 Å². The summed E-state index contributed by atoms with van der Waals surface area (Å²) >= 11 is 23.9. The number of hydrogen-bond acceptors (Lipinski definition) is 6. The van der Waals surface area contributed by atoms with Crippen LogP contribution in [0.1, 0.15) is 48.2 Å². The molecule has 4 aromatic rings. The Kier molecular flexibility index (Phi) is 16.1. The van der Waals surface area contributed by atoms with Crippen LogP contribution in [0, 0.1) is 0 Å². The largest absolute Gasteiger partial charge is 0.464 e. The monoisotopic (exact) mass is 758 g/mol. The van der Waals surface area contributed by atoms with E-state index in [-0.39, 0.29) is 37.9 Å². The lowest BCUT2D eigenvalue weighted by atomic mass is 10.0. The van der Waals surface area contributed by atoms with Gasteiger partial charge in [0, 0.05) is 24.1 Å². The Balaban J connectivity index is 0.000000270. The highest BCUT2D eigenvalue weighted by Gasteiger charge is 2.31. The van der Waals surface area contributed by atoms with Crippen molar-refractivity contribution in [2.45, 2.75) is 38.8 Å². The Labute approximate surface area is 312 Å². The summed E-state index contributed by atoms with van der Waals surface area (Å²) in [5.74, 6) is -1.39. The molecule has 12 heteroatoms. The summed E-state index contributed by atoms with van der Waals surface area (Å²) < 4.78 is 10.3. The fourth-order valence-corrected chi connectivity index (χ4v) is 5.73. The molecule has 0 heterocycles. The number of amides is 2. The van der Waals surface area contributed by atoms with Crippen LogP contribution in [0.3, 0.4) is 0 Å². The van der Waals surface area contributed by atoms with E-state index in [2.05, 4.69) is 0 Å². The van der Waals surface area contributed by atoms with Crippen LogP contribution in [0.15, 0.2) is 97.1 Å². The van der Waals surface area contributed by atoms with Gasteiger partial charge in [-0.05, 0) is 60.4 Å². The number of rotatable bonds is 12. The molecule has 264 valence electrons. The first kappa shape index (κ1) is 40.4. The summed E-state index contributed by atoms with van der Waals surface area (Å²) in [6.07, 6.45) is 0.172. The molecule has 0 aromatic heterocycles. The predicted molar refractivity (Wildman–Crippen MR) is 198 cm³/mol. The van der Waals surface area contributed by atoms with E-state index in [0.29, 0.717) is 36.8 Å². The van der Waals surface area contributed by atoms with Crippen molar-refractivity contribution in [2.75, 3.05) is 27.3 Å². The third-order valence-electron chi connectivity index (χ3n) is 7.51. The number of nitrogens with zero attached hydrogens (tertiary/aromatic N) is 2. The number of likely N-dealkylation sites (N-methyl/N-ethyl adjacent to an activating group) is 2. The van der Waals surface area contributed by atoms with Crippen LogP contribution in [0.5, 0.6) is 0 Å². The van der Waals surface area contributed by atoms with Gasteiger partial charge in [0.1, 0.15) is 0 Å². The summed E-state index contributed by atoms with van der Waals surface area (Å²) in [5, 5.41) is 1.74. The standard InChI is InChI=1S/2C19H19Cl2NO3/c1-3-25-19(24)18(14-7-5-4-6-8-14)22(2)17(23)12-13-9-10-15(20)16(21)11-13;1-3-25-19(24)18(13-7-5-4-6-8-13)22(2)17(23)11-14-9-10-15(20)12-16(14)21/h4-11,18H,3,12H2,1-2H3;4-10,12,18H,3,11H2,1-2H3. The second kappa shape index (κ2) is 19.9. The first-order valence-corrected chi connectivity index (χ1v) is 17.2. The quantitative estimate of drug-likeness (QED) is 0.134. The molecule has 2 amide bonds. The zero-order valence-electron chi connectivity index (χ0n) is 28.1. The van der Waals surface area contributed by atoms with Crippen LogP contribution in [0.25, 0.3) is 0 Å². The van der Waals surface area contributed by atoms with Crippen LogP contribution >= 0.6 is 46.4 Å². The predicted octanol–water partition coefficient (Wildman–Crippen LogP) is 8.60. The summed E-state index contributed by atoms with van der Waals surface area (Å²) in [4.78, 5) is 52.9. The van der Waals surface area contributed by atoms with Gasteiger partial charge in [-0.25, -0.2) is 9.59 Å². The third-order valence-corrected chi connectivity index (χ3v) is 8.83. The molecule has 50 heavy (non-hydrogen) atoms. The van der Waals surface area contributed by atoms with Gasteiger partial charge in [0.25, 0.3) is 0 Å². The maximum absolute atomic E-state index is 12.7. The molecule has 0 fully saturated rings. The van der Waals surface area contributed by atoms with Crippen molar-refractivity contribution in [3.8, 4) is 0 Å².